The standard InChI is InChI=1S/C16H17NO2S/c1-10(2)15-13(8-9-14(18)19)20-16(17-15)12-6-4-11(3)5-7-12/h4-10H,1-3H3,(H,18,19)/b9-8+. The molecular weight excluding hydrogens is 270 g/mol. The van der Waals surface area contributed by atoms with Gasteiger partial charge < -0.3 is 5.11 Å². The first-order valence-corrected chi connectivity index (χ1v) is 7.28. The summed E-state index contributed by atoms with van der Waals surface area (Å²) in [6.45, 7) is 6.17. The van der Waals surface area contributed by atoms with Crippen molar-refractivity contribution in [3.63, 3.8) is 0 Å². The molecule has 1 N–H and O–H groups in total. The molecule has 104 valence electrons. The minimum Gasteiger partial charge on any atom is -0.478 e. The summed E-state index contributed by atoms with van der Waals surface area (Å²) < 4.78 is 0. The maximum absolute atomic E-state index is 10.7. The molecule has 3 nitrogen and oxygen atoms in total. The van der Waals surface area contributed by atoms with Crippen molar-refractivity contribution in [3.05, 3.63) is 46.5 Å². The molecule has 1 aromatic carbocycles. The van der Waals surface area contributed by atoms with Crippen LogP contribution in [0.4, 0.5) is 0 Å². The lowest BCUT2D eigenvalue weighted by Crippen LogP contribution is -1.91. The monoisotopic (exact) mass is 287 g/mol. The van der Waals surface area contributed by atoms with E-state index in [1.807, 2.05) is 19.1 Å². The smallest absolute Gasteiger partial charge is 0.328 e. The van der Waals surface area contributed by atoms with Crippen molar-refractivity contribution in [2.45, 2.75) is 26.7 Å². The number of hydrogen-bond donors (Lipinski definition) is 1. The van der Waals surface area contributed by atoms with Crippen LogP contribution < -0.4 is 0 Å². The third-order valence-corrected chi connectivity index (χ3v) is 3.99. The Hall–Kier alpha value is -1.94. The molecule has 0 aliphatic rings. The van der Waals surface area contributed by atoms with Crippen LogP contribution >= 0.6 is 11.3 Å². The number of thiazole rings is 1. The van der Waals surface area contributed by atoms with Crippen molar-refractivity contribution in [1.82, 2.24) is 4.98 Å². The van der Waals surface area contributed by atoms with Gasteiger partial charge in [0.1, 0.15) is 5.01 Å². The van der Waals surface area contributed by atoms with Gasteiger partial charge in [0, 0.05) is 11.6 Å². The second kappa shape index (κ2) is 6.01. The first-order valence-electron chi connectivity index (χ1n) is 6.46. The van der Waals surface area contributed by atoms with Crippen LogP contribution in [-0.4, -0.2) is 16.1 Å². The van der Waals surface area contributed by atoms with Crippen molar-refractivity contribution in [3.8, 4) is 10.6 Å². The molecule has 0 amide bonds. The minimum atomic E-state index is -0.940. The van der Waals surface area contributed by atoms with Gasteiger partial charge >= 0.3 is 5.97 Å². The van der Waals surface area contributed by atoms with Gasteiger partial charge in [-0.2, -0.15) is 0 Å². The molecule has 0 radical (unpaired) electrons. The van der Waals surface area contributed by atoms with E-state index in [1.165, 1.54) is 16.9 Å². The van der Waals surface area contributed by atoms with Gasteiger partial charge in [-0.05, 0) is 18.9 Å². The van der Waals surface area contributed by atoms with E-state index in [1.54, 1.807) is 6.08 Å². The fraction of sp³-hybridized carbons (Fsp3) is 0.250. The summed E-state index contributed by atoms with van der Waals surface area (Å²) in [4.78, 5) is 16.2. The Labute approximate surface area is 122 Å². The average Bonchev–Trinajstić information content (AvgIpc) is 2.81. The van der Waals surface area contributed by atoms with E-state index in [9.17, 15) is 4.79 Å². The highest BCUT2D eigenvalue weighted by atomic mass is 32.1. The van der Waals surface area contributed by atoms with Crippen LogP contribution in [0.3, 0.4) is 0 Å². The molecule has 0 saturated heterocycles. The van der Waals surface area contributed by atoms with Gasteiger partial charge in [-0.3, -0.25) is 0 Å². The molecule has 0 saturated carbocycles. The van der Waals surface area contributed by atoms with E-state index in [4.69, 9.17) is 5.11 Å². The lowest BCUT2D eigenvalue weighted by molar-refractivity contribution is -0.131. The van der Waals surface area contributed by atoms with Crippen LogP contribution in [0.1, 0.15) is 35.9 Å². The summed E-state index contributed by atoms with van der Waals surface area (Å²) in [6, 6.07) is 8.20. The molecule has 0 bridgehead atoms. The number of nitrogens with zero attached hydrogens (tertiary/aromatic N) is 1. The van der Waals surface area contributed by atoms with Gasteiger partial charge in [-0.1, -0.05) is 43.7 Å². The van der Waals surface area contributed by atoms with E-state index in [0.717, 1.165) is 27.2 Å². The molecule has 0 aliphatic heterocycles. The van der Waals surface area contributed by atoms with Crippen molar-refractivity contribution >= 4 is 23.4 Å². The lowest BCUT2D eigenvalue weighted by Gasteiger charge is -2.00. The SMILES string of the molecule is Cc1ccc(-c2nc(C(C)C)c(/C=C/C(=O)O)s2)cc1. The second-order valence-corrected chi connectivity index (χ2v) is 5.99. The molecule has 4 heteroatoms. The van der Waals surface area contributed by atoms with Crippen molar-refractivity contribution in [1.29, 1.82) is 0 Å². The van der Waals surface area contributed by atoms with Gasteiger partial charge in [0.25, 0.3) is 0 Å². The molecule has 0 aliphatic carbocycles. The summed E-state index contributed by atoms with van der Waals surface area (Å²) in [5, 5.41) is 9.69. The lowest BCUT2D eigenvalue weighted by atomic mass is 10.1. The number of aliphatic carboxylic acids is 1. The molecule has 1 heterocycles. The van der Waals surface area contributed by atoms with Gasteiger partial charge in [-0.25, -0.2) is 9.78 Å². The highest BCUT2D eigenvalue weighted by molar-refractivity contribution is 7.16. The second-order valence-electron chi connectivity index (χ2n) is 4.96. The Kier molecular flexibility index (Phi) is 4.35. The number of rotatable bonds is 4. The summed E-state index contributed by atoms with van der Waals surface area (Å²) in [5.74, 6) is -0.677. The predicted octanol–water partition coefficient (Wildman–Crippen LogP) is 4.34. The topological polar surface area (TPSA) is 50.2 Å². The average molecular weight is 287 g/mol. The molecule has 2 rings (SSSR count). The van der Waals surface area contributed by atoms with Crippen LogP contribution in [0.2, 0.25) is 0 Å². The Morgan fingerprint density at radius 3 is 2.50 bits per heavy atom. The predicted molar refractivity (Wildman–Crippen MR) is 83.0 cm³/mol. The van der Waals surface area contributed by atoms with Gasteiger partial charge in [0.2, 0.25) is 0 Å². The van der Waals surface area contributed by atoms with Crippen LogP contribution in [0.5, 0.6) is 0 Å². The van der Waals surface area contributed by atoms with E-state index < -0.39 is 5.97 Å². The normalized spacial score (nSPS) is 11.4. The Morgan fingerprint density at radius 2 is 1.95 bits per heavy atom. The van der Waals surface area contributed by atoms with Crippen molar-refractivity contribution < 1.29 is 9.90 Å². The van der Waals surface area contributed by atoms with E-state index >= 15 is 0 Å². The summed E-state index contributed by atoms with van der Waals surface area (Å²) in [6.07, 6.45) is 2.80. The Balaban J connectivity index is 2.43. The number of aryl methyl sites for hydroxylation is 1. The van der Waals surface area contributed by atoms with Crippen molar-refractivity contribution in [2.24, 2.45) is 0 Å². The third-order valence-electron chi connectivity index (χ3n) is 2.90. The third kappa shape index (κ3) is 3.33. The van der Waals surface area contributed by atoms with Crippen LogP contribution in [0, 0.1) is 6.92 Å². The highest BCUT2D eigenvalue weighted by Crippen LogP contribution is 2.32. The maximum Gasteiger partial charge on any atom is 0.328 e. The molecular formula is C16H17NO2S. The number of aromatic nitrogens is 1. The fourth-order valence-electron chi connectivity index (χ4n) is 1.84. The molecule has 0 atom stereocenters. The largest absolute Gasteiger partial charge is 0.478 e. The molecule has 20 heavy (non-hydrogen) atoms. The zero-order valence-electron chi connectivity index (χ0n) is 11.8. The first kappa shape index (κ1) is 14.5. The van der Waals surface area contributed by atoms with Crippen molar-refractivity contribution in [2.75, 3.05) is 0 Å². The number of carbonyl (C=O) groups is 1. The summed E-state index contributed by atoms with van der Waals surface area (Å²) in [7, 11) is 0. The number of carboxylic acids is 1. The highest BCUT2D eigenvalue weighted by Gasteiger charge is 2.13. The maximum atomic E-state index is 10.7. The fourth-order valence-corrected chi connectivity index (χ4v) is 2.97. The molecule has 1 aromatic heterocycles. The van der Waals surface area contributed by atoms with Crippen LogP contribution in [-0.2, 0) is 4.79 Å². The summed E-state index contributed by atoms with van der Waals surface area (Å²) in [5.41, 5.74) is 3.22. The van der Waals surface area contributed by atoms with E-state index in [0.29, 0.717) is 0 Å². The number of hydrogen-bond acceptors (Lipinski definition) is 3. The Bertz CT molecular complexity index is 639. The van der Waals surface area contributed by atoms with Crippen LogP contribution in [0.25, 0.3) is 16.6 Å². The minimum absolute atomic E-state index is 0.263. The molecule has 2 aromatic rings. The number of carboxylic acid groups (broad SMARTS) is 1. The van der Waals surface area contributed by atoms with E-state index in [2.05, 4.69) is 31.0 Å². The van der Waals surface area contributed by atoms with E-state index in [-0.39, 0.29) is 5.92 Å². The summed E-state index contributed by atoms with van der Waals surface area (Å²) >= 11 is 1.53. The molecule has 0 fully saturated rings. The quantitative estimate of drug-likeness (QED) is 0.851. The zero-order valence-corrected chi connectivity index (χ0v) is 12.6. The number of benzene rings is 1. The van der Waals surface area contributed by atoms with Gasteiger partial charge in [0.15, 0.2) is 0 Å². The molecule has 0 spiro atoms. The van der Waals surface area contributed by atoms with Gasteiger partial charge in [-0.15, -0.1) is 11.3 Å². The van der Waals surface area contributed by atoms with Gasteiger partial charge in [0.05, 0.1) is 10.6 Å². The first-order chi connectivity index (χ1) is 9.47. The Morgan fingerprint density at radius 1 is 1.30 bits per heavy atom. The molecule has 0 unspecified atom stereocenters. The zero-order chi connectivity index (χ0) is 14.7. The van der Waals surface area contributed by atoms with Crippen LogP contribution in [0.15, 0.2) is 30.3 Å².